The number of amides is 1. The number of hydrogen-bond donors (Lipinski definition) is 1. The molecule has 4 rings (SSSR count). The van der Waals surface area contributed by atoms with Crippen LogP contribution in [0.5, 0.6) is 0 Å². The van der Waals surface area contributed by atoms with Gasteiger partial charge >= 0.3 is 0 Å². The maximum absolute atomic E-state index is 12.6. The number of benzene rings is 3. The lowest BCUT2D eigenvalue weighted by Gasteiger charge is -2.23. The number of hydrogen-bond acceptors (Lipinski definition) is 4. The van der Waals surface area contributed by atoms with E-state index in [1.165, 1.54) is 22.4 Å². The number of nitrogens with one attached hydrogen (secondary N) is 1. The number of carbonyl (C=O) groups excluding carboxylic acids is 1. The van der Waals surface area contributed by atoms with Gasteiger partial charge in [0.15, 0.2) is 0 Å². The molecule has 30 heavy (non-hydrogen) atoms. The van der Waals surface area contributed by atoms with Gasteiger partial charge in [-0.25, -0.2) is 0 Å². The minimum Gasteiger partial charge on any atom is -0.326 e. The van der Waals surface area contributed by atoms with Gasteiger partial charge in [-0.05, 0) is 42.2 Å². The molecule has 3 aromatic rings. The molecule has 6 nitrogen and oxygen atoms in total. The van der Waals surface area contributed by atoms with Gasteiger partial charge in [-0.3, -0.25) is 19.8 Å². The number of anilines is 1. The van der Waals surface area contributed by atoms with Crippen molar-refractivity contribution in [3.8, 4) is 0 Å². The smallest absolute Gasteiger partial charge is 0.274 e. The summed E-state index contributed by atoms with van der Waals surface area (Å²) in [5, 5.41) is 16.4. The number of fused-ring (bicyclic) bond motifs is 1. The second kappa shape index (κ2) is 8.63. The van der Waals surface area contributed by atoms with Crippen LogP contribution < -0.4 is 5.32 Å². The largest absolute Gasteiger partial charge is 0.326 e. The summed E-state index contributed by atoms with van der Waals surface area (Å²) in [6, 6.07) is 20.0. The van der Waals surface area contributed by atoms with Crippen LogP contribution in [-0.4, -0.2) is 28.3 Å². The third-order valence-corrected chi connectivity index (χ3v) is 5.72. The number of carbonyl (C=O) groups is 1. The molecular weight excluding hydrogens is 378 g/mol. The first-order valence-electron chi connectivity index (χ1n) is 10.3. The fourth-order valence-corrected chi connectivity index (χ4v) is 3.89. The lowest BCUT2D eigenvalue weighted by Crippen LogP contribution is -2.29. The zero-order valence-electron chi connectivity index (χ0n) is 17.0. The van der Waals surface area contributed by atoms with Crippen molar-refractivity contribution >= 4 is 28.1 Å². The van der Waals surface area contributed by atoms with Crippen molar-refractivity contribution in [1.29, 1.82) is 0 Å². The minimum absolute atomic E-state index is 0.0170. The van der Waals surface area contributed by atoms with Crippen molar-refractivity contribution < 1.29 is 9.72 Å². The fraction of sp³-hybridized carbons (Fsp3) is 0.292. The second-order valence-corrected chi connectivity index (χ2v) is 7.84. The molecule has 1 aliphatic carbocycles. The summed E-state index contributed by atoms with van der Waals surface area (Å²) in [4.78, 5) is 25.6. The van der Waals surface area contributed by atoms with E-state index in [1.54, 1.807) is 19.1 Å². The van der Waals surface area contributed by atoms with E-state index in [4.69, 9.17) is 0 Å². The molecular formula is C24H25N3O3. The number of nitro benzene ring substituents is 1. The van der Waals surface area contributed by atoms with E-state index in [-0.39, 0.29) is 11.6 Å². The Labute approximate surface area is 175 Å². The van der Waals surface area contributed by atoms with Crippen LogP contribution in [0.3, 0.4) is 0 Å². The van der Waals surface area contributed by atoms with Gasteiger partial charge in [0.1, 0.15) is 0 Å². The Hall–Kier alpha value is -3.25. The van der Waals surface area contributed by atoms with Gasteiger partial charge in [0.25, 0.3) is 5.69 Å². The average molecular weight is 403 g/mol. The van der Waals surface area contributed by atoms with Crippen molar-refractivity contribution in [1.82, 2.24) is 4.90 Å². The van der Waals surface area contributed by atoms with Crippen molar-refractivity contribution in [2.75, 3.05) is 11.9 Å². The van der Waals surface area contributed by atoms with Crippen LogP contribution in [0.1, 0.15) is 30.4 Å². The van der Waals surface area contributed by atoms with Crippen molar-refractivity contribution in [2.24, 2.45) is 0 Å². The highest BCUT2D eigenvalue weighted by molar-refractivity contribution is 5.92. The Morgan fingerprint density at radius 1 is 1.10 bits per heavy atom. The predicted molar refractivity (Wildman–Crippen MR) is 118 cm³/mol. The van der Waals surface area contributed by atoms with E-state index in [1.807, 2.05) is 6.07 Å². The van der Waals surface area contributed by atoms with E-state index < -0.39 is 4.92 Å². The summed E-state index contributed by atoms with van der Waals surface area (Å²) in [6.07, 6.45) is 2.68. The molecule has 6 heteroatoms. The number of nitro groups is 1. The third-order valence-electron chi connectivity index (χ3n) is 5.72. The fourth-order valence-electron chi connectivity index (χ4n) is 3.89. The first kappa shape index (κ1) is 20.0. The maximum atomic E-state index is 12.6. The van der Waals surface area contributed by atoms with E-state index in [2.05, 4.69) is 46.6 Å². The lowest BCUT2D eigenvalue weighted by molar-refractivity contribution is -0.385. The van der Waals surface area contributed by atoms with Gasteiger partial charge in [-0.1, -0.05) is 48.5 Å². The van der Waals surface area contributed by atoms with Gasteiger partial charge in [0.2, 0.25) is 5.91 Å². The maximum Gasteiger partial charge on any atom is 0.274 e. The van der Waals surface area contributed by atoms with E-state index >= 15 is 0 Å². The first-order chi connectivity index (χ1) is 14.5. The van der Waals surface area contributed by atoms with Gasteiger partial charge in [0.05, 0.1) is 16.2 Å². The average Bonchev–Trinajstić information content (AvgIpc) is 3.58. The summed E-state index contributed by atoms with van der Waals surface area (Å²) >= 11 is 0. The molecule has 0 spiro atoms. The summed E-state index contributed by atoms with van der Waals surface area (Å²) in [5.41, 5.74) is 2.27. The highest BCUT2D eigenvalue weighted by Gasteiger charge is 2.29. The quantitative estimate of drug-likeness (QED) is 0.422. The van der Waals surface area contributed by atoms with E-state index in [9.17, 15) is 14.9 Å². The number of nitrogens with zero attached hydrogens (tertiary/aromatic N) is 2. The predicted octanol–water partition coefficient (Wildman–Crippen LogP) is 5.05. The van der Waals surface area contributed by atoms with Gasteiger partial charge < -0.3 is 5.32 Å². The Bertz CT molecular complexity index is 1090. The standard InChI is InChI=1S/C24H25N3O3/c1-17-22(10-5-11-23(17)27(29)30)25-24(28)14-15-26(20-12-13-20)16-19-8-4-7-18-6-2-3-9-21(18)19/h2-11,20H,12-16H2,1H3,(H,25,28). The molecule has 0 atom stereocenters. The van der Waals surface area contributed by atoms with Crippen LogP contribution in [0.2, 0.25) is 0 Å². The van der Waals surface area contributed by atoms with Gasteiger partial charge in [-0.15, -0.1) is 0 Å². The normalized spacial score (nSPS) is 13.5. The summed E-state index contributed by atoms with van der Waals surface area (Å²) in [6.45, 7) is 3.13. The van der Waals surface area contributed by atoms with Crippen LogP contribution in [0.15, 0.2) is 60.7 Å². The van der Waals surface area contributed by atoms with Crippen molar-refractivity contribution in [3.63, 3.8) is 0 Å². The van der Waals surface area contributed by atoms with Gasteiger partial charge in [-0.2, -0.15) is 0 Å². The van der Waals surface area contributed by atoms with Crippen LogP contribution in [0.4, 0.5) is 11.4 Å². The molecule has 0 radical (unpaired) electrons. The molecule has 1 fully saturated rings. The highest BCUT2D eigenvalue weighted by atomic mass is 16.6. The highest BCUT2D eigenvalue weighted by Crippen LogP contribution is 2.30. The summed E-state index contributed by atoms with van der Waals surface area (Å²) in [5.74, 6) is -0.123. The SMILES string of the molecule is Cc1c(NC(=O)CCN(Cc2cccc3ccccc23)C2CC2)cccc1[N+](=O)[O-]. The van der Waals surface area contributed by atoms with E-state index in [0.29, 0.717) is 30.3 Å². The molecule has 0 bridgehead atoms. The van der Waals surface area contributed by atoms with Crippen LogP contribution in [0, 0.1) is 17.0 Å². The van der Waals surface area contributed by atoms with Crippen LogP contribution in [-0.2, 0) is 11.3 Å². The molecule has 1 aliphatic rings. The van der Waals surface area contributed by atoms with Gasteiger partial charge in [0, 0.05) is 31.6 Å². The molecule has 0 aromatic heterocycles. The van der Waals surface area contributed by atoms with Crippen molar-refractivity contribution in [2.45, 2.75) is 38.8 Å². The molecule has 0 saturated heterocycles. The molecule has 154 valence electrons. The monoisotopic (exact) mass is 403 g/mol. The minimum atomic E-state index is -0.427. The molecule has 0 heterocycles. The summed E-state index contributed by atoms with van der Waals surface area (Å²) < 4.78 is 0. The molecule has 1 amide bonds. The lowest BCUT2D eigenvalue weighted by atomic mass is 10.0. The van der Waals surface area contributed by atoms with Crippen LogP contribution in [0.25, 0.3) is 10.8 Å². The molecule has 3 aromatic carbocycles. The zero-order chi connectivity index (χ0) is 21.1. The Kier molecular flexibility index (Phi) is 5.77. The molecule has 1 saturated carbocycles. The number of rotatable bonds is 8. The Balaban J connectivity index is 1.42. The third kappa shape index (κ3) is 4.49. The zero-order valence-corrected chi connectivity index (χ0v) is 17.0. The Morgan fingerprint density at radius 3 is 2.60 bits per heavy atom. The van der Waals surface area contributed by atoms with Crippen LogP contribution >= 0.6 is 0 Å². The molecule has 0 unspecified atom stereocenters. The first-order valence-corrected chi connectivity index (χ1v) is 10.3. The molecule has 0 aliphatic heterocycles. The molecule has 1 N–H and O–H groups in total. The second-order valence-electron chi connectivity index (χ2n) is 7.84. The Morgan fingerprint density at radius 2 is 1.83 bits per heavy atom. The summed E-state index contributed by atoms with van der Waals surface area (Å²) in [7, 11) is 0. The topological polar surface area (TPSA) is 75.5 Å². The van der Waals surface area contributed by atoms with Crippen molar-refractivity contribution in [3.05, 3.63) is 81.9 Å². The van der Waals surface area contributed by atoms with E-state index in [0.717, 1.165) is 19.4 Å².